The van der Waals surface area contributed by atoms with Gasteiger partial charge in [0.1, 0.15) is 0 Å². The van der Waals surface area contributed by atoms with E-state index in [1.54, 1.807) is 43.4 Å². The second-order valence-electron chi connectivity index (χ2n) is 4.44. The van der Waals surface area contributed by atoms with Gasteiger partial charge in [0.05, 0.1) is 0 Å². The zero-order chi connectivity index (χ0) is 15.2. The number of alkyl halides is 1. The summed E-state index contributed by atoms with van der Waals surface area (Å²) in [7, 11) is 1.57. The molecule has 0 saturated carbocycles. The Bertz CT molecular complexity index is 654. The maximum Gasteiger partial charge on any atom is 0.255 e. The lowest BCUT2D eigenvalue weighted by molar-refractivity contribution is 0.0961. The average Bonchev–Trinajstić information content (AvgIpc) is 2.54. The molecular formula is C16H15BrN2O2. The molecule has 0 unspecified atom stereocenters. The second-order valence-corrected chi connectivity index (χ2v) is 5.01. The average molecular weight is 347 g/mol. The number of rotatable bonds is 4. The molecular weight excluding hydrogens is 332 g/mol. The van der Waals surface area contributed by atoms with Gasteiger partial charge in [0.15, 0.2) is 0 Å². The number of hydrogen-bond acceptors (Lipinski definition) is 2. The summed E-state index contributed by atoms with van der Waals surface area (Å²) in [6, 6.07) is 14.1. The molecule has 2 rings (SSSR count). The molecule has 5 heteroatoms. The molecule has 0 aromatic heterocycles. The molecule has 0 saturated heterocycles. The van der Waals surface area contributed by atoms with Crippen LogP contribution in [0.25, 0.3) is 0 Å². The molecule has 108 valence electrons. The third-order valence-corrected chi connectivity index (χ3v) is 3.63. The van der Waals surface area contributed by atoms with E-state index in [2.05, 4.69) is 26.6 Å². The number of halogens is 1. The molecule has 0 aliphatic heterocycles. The van der Waals surface area contributed by atoms with E-state index >= 15 is 0 Å². The van der Waals surface area contributed by atoms with E-state index in [0.29, 0.717) is 16.8 Å². The zero-order valence-corrected chi connectivity index (χ0v) is 13.1. The molecule has 2 aromatic rings. The third-order valence-electron chi connectivity index (χ3n) is 2.98. The minimum absolute atomic E-state index is 0.187. The normalized spacial score (nSPS) is 10.0. The van der Waals surface area contributed by atoms with Crippen molar-refractivity contribution in [3.05, 3.63) is 65.2 Å². The van der Waals surface area contributed by atoms with E-state index in [-0.39, 0.29) is 11.8 Å². The number of carbonyl (C=O) groups is 2. The molecule has 0 fully saturated rings. The lowest BCUT2D eigenvalue weighted by Gasteiger charge is -2.07. The van der Waals surface area contributed by atoms with Crippen molar-refractivity contribution in [1.29, 1.82) is 0 Å². The van der Waals surface area contributed by atoms with E-state index in [9.17, 15) is 9.59 Å². The van der Waals surface area contributed by atoms with Crippen molar-refractivity contribution in [3.63, 3.8) is 0 Å². The molecule has 2 amide bonds. The molecule has 0 heterocycles. The summed E-state index contributed by atoms with van der Waals surface area (Å²) in [5.41, 5.74) is 2.77. The number of nitrogens with one attached hydrogen (secondary N) is 2. The van der Waals surface area contributed by atoms with Gasteiger partial charge in [-0.15, -0.1) is 0 Å². The Kier molecular flexibility index (Phi) is 5.11. The van der Waals surface area contributed by atoms with Crippen LogP contribution < -0.4 is 10.6 Å². The van der Waals surface area contributed by atoms with Gasteiger partial charge in [-0.2, -0.15) is 0 Å². The quantitative estimate of drug-likeness (QED) is 0.835. The lowest BCUT2D eigenvalue weighted by Crippen LogP contribution is -2.18. The fourth-order valence-electron chi connectivity index (χ4n) is 1.83. The van der Waals surface area contributed by atoms with E-state index in [0.717, 1.165) is 10.9 Å². The van der Waals surface area contributed by atoms with Crippen LogP contribution in [0.3, 0.4) is 0 Å². The first-order valence-electron chi connectivity index (χ1n) is 6.42. The predicted molar refractivity (Wildman–Crippen MR) is 86.9 cm³/mol. The van der Waals surface area contributed by atoms with Crippen LogP contribution in [0.1, 0.15) is 26.3 Å². The van der Waals surface area contributed by atoms with Gasteiger partial charge >= 0.3 is 0 Å². The number of amides is 2. The van der Waals surface area contributed by atoms with Gasteiger partial charge in [0.25, 0.3) is 11.8 Å². The molecule has 21 heavy (non-hydrogen) atoms. The summed E-state index contributed by atoms with van der Waals surface area (Å²) in [6.07, 6.45) is 0. The number of carbonyl (C=O) groups excluding carboxylic acids is 2. The fraction of sp³-hybridized carbons (Fsp3) is 0.125. The topological polar surface area (TPSA) is 58.2 Å². The number of hydrogen-bond donors (Lipinski definition) is 2. The third kappa shape index (κ3) is 3.92. The number of benzene rings is 2. The van der Waals surface area contributed by atoms with Crippen molar-refractivity contribution in [2.24, 2.45) is 0 Å². The Labute approximate surface area is 131 Å². The zero-order valence-electron chi connectivity index (χ0n) is 11.5. The summed E-state index contributed by atoms with van der Waals surface area (Å²) >= 11 is 3.36. The van der Waals surface area contributed by atoms with Crippen LogP contribution in [0.15, 0.2) is 48.5 Å². The Balaban J connectivity index is 2.13. The summed E-state index contributed by atoms with van der Waals surface area (Å²) < 4.78 is 0. The maximum atomic E-state index is 12.1. The van der Waals surface area contributed by atoms with E-state index < -0.39 is 0 Å². The SMILES string of the molecule is CNC(=O)c1cccc(NC(=O)c2ccc(CBr)cc2)c1. The van der Waals surface area contributed by atoms with Crippen molar-refractivity contribution >= 4 is 33.4 Å². The van der Waals surface area contributed by atoms with Crippen molar-refractivity contribution in [2.45, 2.75) is 5.33 Å². The van der Waals surface area contributed by atoms with Gasteiger partial charge in [0, 0.05) is 29.2 Å². The minimum Gasteiger partial charge on any atom is -0.355 e. The van der Waals surface area contributed by atoms with Gasteiger partial charge < -0.3 is 10.6 Å². The molecule has 0 atom stereocenters. The minimum atomic E-state index is -0.204. The van der Waals surface area contributed by atoms with Gasteiger partial charge in [-0.3, -0.25) is 9.59 Å². The Morgan fingerprint density at radius 1 is 1.00 bits per heavy atom. The molecule has 4 nitrogen and oxygen atoms in total. The van der Waals surface area contributed by atoms with Gasteiger partial charge in [0.2, 0.25) is 0 Å². The van der Waals surface area contributed by atoms with Crippen LogP contribution in [0.4, 0.5) is 5.69 Å². The smallest absolute Gasteiger partial charge is 0.255 e. The van der Waals surface area contributed by atoms with Crippen LogP contribution >= 0.6 is 15.9 Å². The highest BCUT2D eigenvalue weighted by Crippen LogP contribution is 2.13. The summed E-state index contributed by atoms with van der Waals surface area (Å²) in [4.78, 5) is 23.7. The molecule has 2 N–H and O–H groups in total. The highest BCUT2D eigenvalue weighted by atomic mass is 79.9. The van der Waals surface area contributed by atoms with E-state index in [1.165, 1.54) is 0 Å². The summed E-state index contributed by atoms with van der Waals surface area (Å²) in [5.74, 6) is -0.391. The van der Waals surface area contributed by atoms with Gasteiger partial charge in [-0.05, 0) is 35.9 Å². The maximum absolute atomic E-state index is 12.1. The van der Waals surface area contributed by atoms with Crippen LogP contribution in [-0.4, -0.2) is 18.9 Å². The van der Waals surface area contributed by atoms with Crippen LogP contribution in [-0.2, 0) is 5.33 Å². The molecule has 2 aromatic carbocycles. The molecule has 0 aliphatic rings. The first kappa shape index (κ1) is 15.3. The monoisotopic (exact) mass is 346 g/mol. The molecule has 0 spiro atoms. The molecule has 0 bridgehead atoms. The van der Waals surface area contributed by atoms with Crippen LogP contribution in [0.5, 0.6) is 0 Å². The van der Waals surface area contributed by atoms with Crippen LogP contribution in [0.2, 0.25) is 0 Å². The van der Waals surface area contributed by atoms with Gasteiger partial charge in [-0.1, -0.05) is 34.1 Å². The van der Waals surface area contributed by atoms with E-state index in [4.69, 9.17) is 0 Å². The van der Waals surface area contributed by atoms with Crippen molar-refractivity contribution in [2.75, 3.05) is 12.4 Å². The predicted octanol–water partition coefficient (Wildman–Crippen LogP) is 3.19. The summed E-state index contributed by atoms with van der Waals surface area (Å²) in [5, 5.41) is 6.09. The Morgan fingerprint density at radius 2 is 1.71 bits per heavy atom. The largest absolute Gasteiger partial charge is 0.355 e. The Morgan fingerprint density at radius 3 is 2.33 bits per heavy atom. The van der Waals surface area contributed by atoms with Gasteiger partial charge in [-0.25, -0.2) is 0 Å². The number of anilines is 1. The summed E-state index contributed by atoms with van der Waals surface area (Å²) in [6.45, 7) is 0. The van der Waals surface area contributed by atoms with Crippen molar-refractivity contribution in [3.8, 4) is 0 Å². The lowest BCUT2D eigenvalue weighted by atomic mass is 10.1. The van der Waals surface area contributed by atoms with Crippen molar-refractivity contribution in [1.82, 2.24) is 5.32 Å². The fourth-order valence-corrected chi connectivity index (χ4v) is 2.20. The second kappa shape index (κ2) is 7.04. The highest BCUT2D eigenvalue weighted by molar-refractivity contribution is 9.08. The first-order valence-corrected chi connectivity index (χ1v) is 7.54. The first-order chi connectivity index (χ1) is 10.1. The van der Waals surface area contributed by atoms with Crippen LogP contribution in [0, 0.1) is 0 Å². The Hall–Kier alpha value is -2.14. The standard InChI is InChI=1S/C16H15BrN2O2/c1-18-15(20)13-3-2-4-14(9-13)19-16(21)12-7-5-11(10-17)6-8-12/h2-9H,10H2,1H3,(H,18,20)(H,19,21). The highest BCUT2D eigenvalue weighted by Gasteiger charge is 2.08. The molecule has 0 radical (unpaired) electrons. The van der Waals surface area contributed by atoms with E-state index in [1.807, 2.05) is 12.1 Å². The molecule has 0 aliphatic carbocycles. The van der Waals surface area contributed by atoms with Crippen molar-refractivity contribution < 1.29 is 9.59 Å².